The van der Waals surface area contributed by atoms with Crippen LogP contribution >= 0.6 is 27.5 Å². The first-order valence-corrected chi connectivity index (χ1v) is 10.7. The molecule has 8 heteroatoms. The van der Waals surface area contributed by atoms with Gasteiger partial charge < -0.3 is 20.1 Å². The topological polar surface area (TPSA) is 61.8 Å². The van der Waals surface area contributed by atoms with E-state index < -0.39 is 5.60 Å². The number of amides is 1. The van der Waals surface area contributed by atoms with Crippen LogP contribution in [0.2, 0.25) is 5.02 Å². The monoisotopic (exact) mass is 482 g/mol. The molecule has 154 valence electrons. The van der Waals surface area contributed by atoms with Gasteiger partial charge in [0.15, 0.2) is 0 Å². The molecule has 0 radical (unpaired) electrons. The molecule has 0 atom stereocenters. The van der Waals surface area contributed by atoms with Crippen molar-refractivity contribution in [2.24, 2.45) is 0 Å². The summed E-state index contributed by atoms with van der Waals surface area (Å²) in [6, 6.07) is 8.46. The van der Waals surface area contributed by atoms with Crippen LogP contribution in [-0.4, -0.2) is 36.3 Å². The minimum atomic E-state index is -0.993. The summed E-state index contributed by atoms with van der Waals surface area (Å²) in [4.78, 5) is 13.6. The first-order valence-electron chi connectivity index (χ1n) is 9.51. The minimum Gasteiger partial charge on any atom is -0.490 e. The molecule has 2 aromatic rings. The van der Waals surface area contributed by atoms with Gasteiger partial charge in [0.25, 0.3) is 0 Å². The van der Waals surface area contributed by atoms with Crippen LogP contribution in [0.4, 0.5) is 15.8 Å². The van der Waals surface area contributed by atoms with Gasteiger partial charge in [0.1, 0.15) is 23.8 Å². The average Bonchev–Trinajstić information content (AvgIpc) is 2.69. The SMILES string of the molecule is O=C1CCc2c(OCC3(O)CCN(c4ccc(Br)cc4F)CC3)ccc(Cl)c2N1. The number of ether oxygens (including phenoxy) is 1. The van der Waals surface area contributed by atoms with Crippen molar-refractivity contribution < 1.29 is 19.0 Å². The molecule has 5 nitrogen and oxygen atoms in total. The van der Waals surface area contributed by atoms with Crippen molar-refractivity contribution in [1.82, 2.24) is 0 Å². The first kappa shape index (κ1) is 20.4. The first-order chi connectivity index (χ1) is 13.8. The molecule has 0 aromatic heterocycles. The van der Waals surface area contributed by atoms with Gasteiger partial charge in [0, 0.05) is 29.5 Å². The zero-order chi connectivity index (χ0) is 20.6. The van der Waals surface area contributed by atoms with Crippen molar-refractivity contribution in [3.8, 4) is 5.75 Å². The molecule has 0 aliphatic carbocycles. The smallest absolute Gasteiger partial charge is 0.224 e. The number of aliphatic hydroxyl groups is 1. The summed E-state index contributed by atoms with van der Waals surface area (Å²) in [7, 11) is 0. The molecule has 4 rings (SSSR count). The van der Waals surface area contributed by atoms with E-state index >= 15 is 0 Å². The number of nitrogens with zero attached hydrogens (tertiary/aromatic N) is 1. The number of rotatable bonds is 4. The molecule has 2 N–H and O–H groups in total. The Kier molecular flexibility index (Phi) is 5.73. The highest BCUT2D eigenvalue weighted by molar-refractivity contribution is 9.10. The molecule has 2 aliphatic heterocycles. The van der Waals surface area contributed by atoms with Crippen molar-refractivity contribution in [1.29, 1.82) is 0 Å². The molecule has 0 saturated carbocycles. The maximum Gasteiger partial charge on any atom is 0.224 e. The third-order valence-corrected chi connectivity index (χ3v) is 6.33. The molecule has 2 aromatic carbocycles. The molecular formula is C21H21BrClFN2O3. The van der Waals surface area contributed by atoms with Crippen LogP contribution in [-0.2, 0) is 11.2 Å². The number of carbonyl (C=O) groups excluding carboxylic acids is 1. The lowest BCUT2D eigenvalue weighted by Gasteiger charge is -2.39. The lowest BCUT2D eigenvalue weighted by Crippen LogP contribution is -2.48. The Hall–Kier alpha value is -1.83. The lowest BCUT2D eigenvalue weighted by atomic mass is 9.92. The molecule has 1 saturated heterocycles. The number of fused-ring (bicyclic) bond motifs is 1. The summed E-state index contributed by atoms with van der Waals surface area (Å²) in [6.07, 6.45) is 1.86. The van der Waals surface area contributed by atoms with Crippen LogP contribution in [0.1, 0.15) is 24.8 Å². The number of carbonyl (C=O) groups is 1. The van der Waals surface area contributed by atoms with Crippen molar-refractivity contribution in [3.63, 3.8) is 0 Å². The number of nitrogens with one attached hydrogen (secondary N) is 1. The van der Waals surface area contributed by atoms with Crippen molar-refractivity contribution >= 4 is 44.8 Å². The maximum absolute atomic E-state index is 14.2. The van der Waals surface area contributed by atoms with Crippen molar-refractivity contribution in [3.05, 3.63) is 51.2 Å². The molecule has 1 amide bonds. The second-order valence-corrected chi connectivity index (χ2v) is 8.87. The highest BCUT2D eigenvalue weighted by atomic mass is 79.9. The van der Waals surface area contributed by atoms with Gasteiger partial charge in [0.2, 0.25) is 5.91 Å². The Balaban J connectivity index is 1.41. The van der Waals surface area contributed by atoms with E-state index in [1.807, 2.05) is 11.0 Å². The predicted molar refractivity (Wildman–Crippen MR) is 114 cm³/mol. The van der Waals surface area contributed by atoms with Gasteiger partial charge in [-0.15, -0.1) is 0 Å². The van der Waals surface area contributed by atoms with Gasteiger partial charge in [-0.05, 0) is 49.6 Å². The van der Waals surface area contributed by atoms with E-state index in [9.17, 15) is 14.3 Å². The van der Waals surface area contributed by atoms with Crippen LogP contribution in [0.25, 0.3) is 0 Å². The summed E-state index contributed by atoms with van der Waals surface area (Å²) in [6.45, 7) is 1.20. The van der Waals surface area contributed by atoms with Crippen LogP contribution in [0.5, 0.6) is 5.75 Å². The van der Waals surface area contributed by atoms with Crippen LogP contribution in [0, 0.1) is 5.82 Å². The Labute approximate surface area is 181 Å². The summed E-state index contributed by atoms with van der Waals surface area (Å²) in [5, 5.41) is 14.2. The highest BCUT2D eigenvalue weighted by Gasteiger charge is 2.34. The van der Waals surface area contributed by atoms with Gasteiger partial charge >= 0.3 is 0 Å². The summed E-state index contributed by atoms with van der Waals surface area (Å²) in [5.74, 6) is 0.276. The lowest BCUT2D eigenvalue weighted by molar-refractivity contribution is -0.116. The number of halogens is 3. The highest BCUT2D eigenvalue weighted by Crippen LogP contribution is 2.38. The number of piperidine rings is 1. The zero-order valence-electron chi connectivity index (χ0n) is 15.7. The zero-order valence-corrected chi connectivity index (χ0v) is 18.0. The Morgan fingerprint density at radius 1 is 1.24 bits per heavy atom. The molecule has 0 unspecified atom stereocenters. The largest absolute Gasteiger partial charge is 0.490 e. The maximum atomic E-state index is 14.2. The van der Waals surface area contributed by atoms with E-state index in [4.69, 9.17) is 16.3 Å². The third kappa shape index (κ3) is 4.37. The third-order valence-electron chi connectivity index (χ3n) is 5.53. The number of hydrogen-bond donors (Lipinski definition) is 2. The fraction of sp³-hybridized carbons (Fsp3) is 0.381. The molecule has 0 bridgehead atoms. The van der Waals surface area contributed by atoms with E-state index in [1.165, 1.54) is 6.07 Å². The summed E-state index contributed by atoms with van der Waals surface area (Å²) < 4.78 is 20.9. The standard InChI is InChI=1S/C21H21BrClFN2O3/c22-13-1-4-17(16(24)11-13)26-9-7-21(28,8-10-26)12-29-18-5-3-15(23)20-14(18)2-6-19(27)25-20/h1,3-5,11,28H,2,6-10,12H2,(H,25,27). The summed E-state index contributed by atoms with van der Waals surface area (Å²) in [5.41, 5.74) is 0.994. The molecule has 1 fully saturated rings. The fourth-order valence-corrected chi connectivity index (χ4v) is 4.37. The quantitative estimate of drug-likeness (QED) is 0.670. The summed E-state index contributed by atoms with van der Waals surface area (Å²) >= 11 is 9.46. The van der Waals surface area contributed by atoms with E-state index in [0.717, 1.165) is 5.56 Å². The second-order valence-electron chi connectivity index (χ2n) is 7.54. The molecular weight excluding hydrogens is 463 g/mol. The number of anilines is 2. The van der Waals surface area contributed by atoms with E-state index in [2.05, 4.69) is 21.2 Å². The Morgan fingerprint density at radius 2 is 2.00 bits per heavy atom. The van der Waals surface area contributed by atoms with Gasteiger partial charge in [-0.1, -0.05) is 27.5 Å². The van der Waals surface area contributed by atoms with Gasteiger partial charge in [-0.25, -0.2) is 4.39 Å². The fourth-order valence-electron chi connectivity index (χ4n) is 3.82. The Bertz CT molecular complexity index is 948. The number of benzene rings is 2. The minimum absolute atomic E-state index is 0.0669. The van der Waals surface area contributed by atoms with Gasteiger partial charge in [-0.2, -0.15) is 0 Å². The normalized spacial score (nSPS) is 18.2. The molecule has 0 spiro atoms. The van der Waals surface area contributed by atoms with Gasteiger partial charge in [0.05, 0.1) is 16.4 Å². The van der Waals surface area contributed by atoms with Crippen LogP contribution in [0.3, 0.4) is 0 Å². The average molecular weight is 484 g/mol. The molecule has 29 heavy (non-hydrogen) atoms. The Morgan fingerprint density at radius 3 is 2.72 bits per heavy atom. The van der Waals surface area contributed by atoms with Crippen molar-refractivity contribution in [2.75, 3.05) is 29.9 Å². The number of hydrogen-bond acceptors (Lipinski definition) is 4. The van der Waals surface area contributed by atoms with Crippen LogP contribution in [0.15, 0.2) is 34.8 Å². The predicted octanol–water partition coefficient (Wildman–Crippen LogP) is 4.54. The van der Waals surface area contributed by atoms with Crippen LogP contribution < -0.4 is 15.0 Å². The van der Waals surface area contributed by atoms with E-state index in [-0.39, 0.29) is 18.3 Å². The van der Waals surface area contributed by atoms with E-state index in [1.54, 1.807) is 18.2 Å². The van der Waals surface area contributed by atoms with Gasteiger partial charge in [-0.3, -0.25) is 4.79 Å². The molecule has 2 heterocycles. The second kappa shape index (κ2) is 8.13. The molecule has 2 aliphatic rings. The van der Waals surface area contributed by atoms with E-state index in [0.29, 0.717) is 65.4 Å². The van der Waals surface area contributed by atoms with Crippen molar-refractivity contribution in [2.45, 2.75) is 31.3 Å².